The van der Waals surface area contributed by atoms with E-state index in [1.54, 1.807) is 0 Å². The molecule has 9 unspecified atom stereocenters. The molecule has 0 amide bonds. The molecular formula is C39H47NO12. The number of likely N-dealkylation sites (tertiary alicyclic amines) is 1. The number of aliphatic hydroxyl groups is 8. The van der Waals surface area contributed by atoms with Crippen LogP contribution in [0.2, 0.25) is 0 Å². The summed E-state index contributed by atoms with van der Waals surface area (Å²) in [5.74, 6) is 11.9. The van der Waals surface area contributed by atoms with Gasteiger partial charge in [-0.3, -0.25) is 0 Å². The summed E-state index contributed by atoms with van der Waals surface area (Å²) in [5.41, 5.74) is 5.51. The maximum atomic E-state index is 10.4. The lowest BCUT2D eigenvalue weighted by atomic mass is 9.70. The zero-order valence-corrected chi connectivity index (χ0v) is 28.9. The largest absolute Gasteiger partial charge is 0.394 e. The van der Waals surface area contributed by atoms with Gasteiger partial charge in [-0.1, -0.05) is 35.8 Å². The third kappa shape index (κ3) is 7.56. The molecule has 13 heteroatoms. The van der Waals surface area contributed by atoms with E-state index < -0.39 is 74.3 Å². The van der Waals surface area contributed by atoms with E-state index in [-0.39, 0.29) is 11.5 Å². The summed E-state index contributed by atoms with van der Waals surface area (Å²) >= 11 is 0. The number of ether oxygens (including phenoxy) is 3. The normalized spacial score (nSPS) is 34.8. The number of carbonyl (C=O) groups excluding carboxylic acids is 1. The van der Waals surface area contributed by atoms with Crippen LogP contribution < -0.4 is 0 Å². The predicted molar refractivity (Wildman–Crippen MR) is 186 cm³/mol. The monoisotopic (exact) mass is 721 g/mol. The van der Waals surface area contributed by atoms with Gasteiger partial charge in [0.25, 0.3) is 0 Å². The van der Waals surface area contributed by atoms with Gasteiger partial charge in [0.05, 0.1) is 13.2 Å². The zero-order valence-electron chi connectivity index (χ0n) is 28.9. The first-order valence-electron chi connectivity index (χ1n) is 17.7. The number of benzene rings is 2. The van der Waals surface area contributed by atoms with Gasteiger partial charge in [0.1, 0.15) is 73.4 Å². The van der Waals surface area contributed by atoms with E-state index in [1.807, 2.05) is 24.3 Å². The molecule has 2 aromatic carbocycles. The number of rotatable bonds is 3. The lowest BCUT2D eigenvalue weighted by Crippen LogP contribution is -2.58. The Kier molecular flexibility index (Phi) is 12.1. The Morgan fingerprint density at radius 3 is 1.62 bits per heavy atom. The molecule has 5 aliphatic rings. The number of hydrogen-bond acceptors (Lipinski definition) is 13. The molecule has 1 spiro atoms. The van der Waals surface area contributed by atoms with Gasteiger partial charge in [0.2, 0.25) is 0 Å². The van der Waals surface area contributed by atoms with E-state index in [9.17, 15) is 45.6 Å². The highest BCUT2D eigenvalue weighted by atomic mass is 16.6. The van der Waals surface area contributed by atoms with Gasteiger partial charge in [-0.2, -0.15) is 0 Å². The summed E-state index contributed by atoms with van der Waals surface area (Å²) in [6.45, 7) is 1.47. The minimum atomic E-state index is -1.50. The maximum absolute atomic E-state index is 10.4. The minimum absolute atomic E-state index is 0.0833. The molecule has 4 aliphatic heterocycles. The van der Waals surface area contributed by atoms with E-state index in [0.717, 1.165) is 73.9 Å². The number of nitrogens with zero attached hydrogens (tertiary/aromatic N) is 1. The fourth-order valence-electron chi connectivity index (χ4n) is 7.65. The highest BCUT2D eigenvalue weighted by Gasteiger charge is 2.46. The summed E-state index contributed by atoms with van der Waals surface area (Å²) < 4.78 is 16.1. The lowest BCUT2D eigenvalue weighted by molar-refractivity contribution is -0.214. The SMILES string of the molecule is CN1CCC2(CC1)c1cc(C#CC3OC(CO)[C@@H](O)C(O)C3O)ccc1-c1ccc(C#CC3OC(CO)[C@@H](O)C(O)C3O)cc12.O=CC1CCCO1. The van der Waals surface area contributed by atoms with Crippen molar-refractivity contribution in [2.24, 2.45) is 0 Å². The molecule has 2 aromatic rings. The maximum Gasteiger partial charge on any atom is 0.148 e. The molecule has 280 valence electrons. The van der Waals surface area contributed by atoms with Crippen LogP contribution in [0.3, 0.4) is 0 Å². The van der Waals surface area contributed by atoms with Crippen molar-refractivity contribution in [3.63, 3.8) is 0 Å². The van der Waals surface area contributed by atoms with Gasteiger partial charge < -0.3 is 64.8 Å². The molecule has 0 aromatic heterocycles. The fraction of sp³-hybridized carbons (Fsp3) is 0.564. The Hall–Kier alpha value is -3.25. The molecule has 0 bridgehead atoms. The third-order valence-corrected chi connectivity index (χ3v) is 10.8. The van der Waals surface area contributed by atoms with Gasteiger partial charge in [0.15, 0.2) is 0 Å². The molecule has 13 nitrogen and oxygen atoms in total. The number of fused-ring (bicyclic) bond motifs is 5. The van der Waals surface area contributed by atoms with Crippen LogP contribution in [0.5, 0.6) is 0 Å². The van der Waals surface area contributed by atoms with Crippen molar-refractivity contribution in [1.29, 1.82) is 0 Å². The van der Waals surface area contributed by atoms with E-state index in [4.69, 9.17) is 14.2 Å². The second-order valence-corrected chi connectivity index (χ2v) is 14.1. The lowest BCUT2D eigenvalue weighted by Gasteiger charge is -2.39. The van der Waals surface area contributed by atoms with Gasteiger partial charge in [-0.05, 0) is 92.3 Å². The van der Waals surface area contributed by atoms with Gasteiger partial charge >= 0.3 is 0 Å². The molecule has 8 N–H and O–H groups in total. The van der Waals surface area contributed by atoms with Crippen LogP contribution in [0.1, 0.15) is 47.9 Å². The molecule has 11 atom stereocenters. The van der Waals surface area contributed by atoms with Crippen LogP contribution in [0.25, 0.3) is 11.1 Å². The molecule has 0 saturated carbocycles. The predicted octanol–water partition coefficient (Wildman–Crippen LogP) is -1.57. The molecule has 52 heavy (non-hydrogen) atoms. The van der Waals surface area contributed by atoms with Crippen LogP contribution in [0.15, 0.2) is 36.4 Å². The second kappa shape index (κ2) is 16.4. The smallest absolute Gasteiger partial charge is 0.148 e. The Labute approximate surface area is 302 Å². The number of piperidine rings is 1. The van der Waals surface area contributed by atoms with Crippen molar-refractivity contribution < 1.29 is 59.9 Å². The fourth-order valence-corrected chi connectivity index (χ4v) is 7.65. The summed E-state index contributed by atoms with van der Waals surface area (Å²) in [7, 11) is 2.09. The number of aldehydes is 1. The summed E-state index contributed by atoms with van der Waals surface area (Å²) in [5, 5.41) is 80.3. The van der Waals surface area contributed by atoms with Crippen molar-refractivity contribution >= 4 is 6.29 Å². The quantitative estimate of drug-likeness (QED) is 0.133. The van der Waals surface area contributed by atoms with E-state index in [2.05, 4.69) is 47.8 Å². The van der Waals surface area contributed by atoms with Crippen molar-refractivity contribution in [2.75, 3.05) is 40.0 Å². The van der Waals surface area contributed by atoms with Crippen molar-refractivity contribution in [1.82, 2.24) is 4.90 Å². The molecule has 4 saturated heterocycles. The highest BCUT2D eigenvalue weighted by molar-refractivity contribution is 5.82. The van der Waals surface area contributed by atoms with Gasteiger partial charge in [-0.15, -0.1) is 0 Å². The first-order valence-corrected chi connectivity index (χ1v) is 17.7. The van der Waals surface area contributed by atoms with Crippen molar-refractivity contribution in [3.8, 4) is 34.8 Å². The second-order valence-electron chi connectivity index (χ2n) is 14.1. The van der Waals surface area contributed by atoms with Gasteiger partial charge in [-0.25, -0.2) is 0 Å². The number of hydrogen-bond donors (Lipinski definition) is 8. The third-order valence-electron chi connectivity index (χ3n) is 10.8. The van der Waals surface area contributed by atoms with Crippen LogP contribution in [0, 0.1) is 23.7 Å². The first-order chi connectivity index (χ1) is 25.0. The van der Waals surface area contributed by atoms with Crippen LogP contribution >= 0.6 is 0 Å². The average Bonchev–Trinajstić information content (AvgIpc) is 3.79. The van der Waals surface area contributed by atoms with E-state index >= 15 is 0 Å². The minimum Gasteiger partial charge on any atom is -0.394 e. The van der Waals surface area contributed by atoms with Gasteiger partial charge in [0, 0.05) is 23.1 Å². The standard InChI is InChI=1S/C34H39NO10.C5H8O2/c1-35-12-10-34(11-13-35)22-14-18(4-8-24-28(38)32(42)30(40)26(16-36)44-24)2-6-20(22)21-7-3-19(15-23(21)34)5-9-25-29(39)33(43)31(41)27(17-37)45-25;6-4-5-2-1-3-7-5/h2-3,6-7,14-15,24-33,36-43H,10-13,16-17H2,1H3;4-5H,1-3H2/t24?,25?,26?,27?,28?,29?,30-,31-,32?,33?;/m1./s1. The molecule has 7 rings (SSSR count). The van der Waals surface area contributed by atoms with Crippen LogP contribution in [-0.2, 0) is 24.4 Å². The Bertz CT molecular complexity index is 1590. The number of aliphatic hydroxyl groups excluding tert-OH is 8. The Morgan fingerprint density at radius 2 is 1.23 bits per heavy atom. The topological polar surface area (TPSA) is 210 Å². The Morgan fingerprint density at radius 1 is 0.750 bits per heavy atom. The first kappa shape index (κ1) is 38.5. The highest BCUT2D eigenvalue weighted by Crippen LogP contribution is 2.54. The number of carbonyl (C=O) groups is 1. The average molecular weight is 722 g/mol. The molecule has 0 radical (unpaired) electrons. The summed E-state index contributed by atoms with van der Waals surface area (Å²) in [4.78, 5) is 12.2. The molecular weight excluding hydrogens is 674 g/mol. The van der Waals surface area contributed by atoms with Crippen LogP contribution in [0.4, 0.5) is 0 Å². The Balaban J connectivity index is 0.000000594. The van der Waals surface area contributed by atoms with Crippen LogP contribution in [-0.4, -0.2) is 159 Å². The van der Waals surface area contributed by atoms with Crippen molar-refractivity contribution in [3.05, 3.63) is 58.7 Å². The van der Waals surface area contributed by atoms with E-state index in [1.165, 1.54) is 0 Å². The molecule has 1 aliphatic carbocycles. The summed E-state index contributed by atoms with van der Waals surface area (Å²) in [6, 6.07) is 11.9. The molecule has 4 fully saturated rings. The molecule has 4 heterocycles. The summed E-state index contributed by atoms with van der Waals surface area (Å²) in [6.07, 6.45) is -8.52. The zero-order chi connectivity index (χ0) is 37.2. The van der Waals surface area contributed by atoms with E-state index in [0.29, 0.717) is 11.1 Å². The van der Waals surface area contributed by atoms with Crippen molar-refractivity contribution in [2.45, 2.75) is 98.2 Å².